The molecule has 110 valence electrons. The number of aromatic nitrogens is 3. The van der Waals surface area contributed by atoms with Crippen LogP contribution in [0.3, 0.4) is 0 Å². The van der Waals surface area contributed by atoms with Gasteiger partial charge in [-0.15, -0.1) is 11.8 Å². The number of carboxylic acids is 1. The molecule has 0 aliphatic carbocycles. The van der Waals surface area contributed by atoms with E-state index in [9.17, 15) is 9.90 Å². The van der Waals surface area contributed by atoms with Crippen LogP contribution in [0.4, 0.5) is 0 Å². The Bertz CT molecular complexity index is 669. The van der Waals surface area contributed by atoms with E-state index in [-0.39, 0.29) is 0 Å². The number of aryl methyl sites for hydroxylation is 1. The molecule has 1 aliphatic heterocycles. The molecule has 0 bridgehead atoms. The van der Waals surface area contributed by atoms with E-state index in [0.717, 1.165) is 18.7 Å². The van der Waals surface area contributed by atoms with Crippen molar-refractivity contribution in [2.24, 2.45) is 0 Å². The Balaban J connectivity index is 1.89. The molecule has 1 unspecified atom stereocenters. The van der Waals surface area contributed by atoms with Crippen LogP contribution in [0.1, 0.15) is 36.1 Å². The third-order valence-corrected chi connectivity index (χ3v) is 4.58. The van der Waals surface area contributed by atoms with Crippen molar-refractivity contribution in [3.05, 3.63) is 41.5 Å². The molecule has 21 heavy (non-hydrogen) atoms. The second kappa shape index (κ2) is 5.89. The smallest absolute Gasteiger partial charge is 0.328 e. The fraction of sp³-hybridized carbons (Fsp3) is 0.400. The van der Waals surface area contributed by atoms with Gasteiger partial charge in [-0.2, -0.15) is 5.10 Å². The summed E-state index contributed by atoms with van der Waals surface area (Å²) in [4.78, 5) is 17.0. The summed E-state index contributed by atoms with van der Waals surface area (Å²) in [6.45, 7) is 0. The molecule has 3 rings (SSSR count). The first-order valence-electron chi connectivity index (χ1n) is 6.98. The fourth-order valence-corrected chi connectivity index (χ4v) is 3.34. The first-order valence-corrected chi connectivity index (χ1v) is 8.20. The number of carboxylic acid groups (broad SMARTS) is 1. The van der Waals surface area contributed by atoms with Crippen LogP contribution in [0.5, 0.6) is 0 Å². The molecular formula is C15H17N3O2S. The van der Waals surface area contributed by atoms with Crippen LogP contribution in [0.2, 0.25) is 0 Å². The quantitative estimate of drug-likeness (QED) is 0.879. The van der Waals surface area contributed by atoms with Gasteiger partial charge in [0.05, 0.1) is 0 Å². The molecule has 0 fully saturated rings. The van der Waals surface area contributed by atoms with Crippen molar-refractivity contribution >= 4 is 17.7 Å². The Hall–Kier alpha value is -1.82. The van der Waals surface area contributed by atoms with Gasteiger partial charge in [-0.05, 0) is 30.7 Å². The lowest BCUT2D eigenvalue weighted by Crippen LogP contribution is -2.26. The van der Waals surface area contributed by atoms with Crippen LogP contribution >= 0.6 is 11.8 Å². The SMILES string of the molecule is CSc1ccccc1Cc1nc2n(n1)C(C(=O)O)CCC2. The third kappa shape index (κ3) is 2.81. The minimum Gasteiger partial charge on any atom is -0.480 e. The monoisotopic (exact) mass is 303 g/mol. The molecule has 2 heterocycles. The van der Waals surface area contributed by atoms with Crippen LogP contribution in [0.25, 0.3) is 0 Å². The van der Waals surface area contributed by atoms with E-state index in [2.05, 4.69) is 22.2 Å². The topological polar surface area (TPSA) is 68.0 Å². The van der Waals surface area contributed by atoms with Crippen LogP contribution in [0, 0.1) is 0 Å². The van der Waals surface area contributed by atoms with Crippen LogP contribution < -0.4 is 0 Å². The summed E-state index contributed by atoms with van der Waals surface area (Å²) in [5, 5.41) is 13.7. The summed E-state index contributed by atoms with van der Waals surface area (Å²) in [5.41, 5.74) is 1.18. The first-order chi connectivity index (χ1) is 10.2. The molecule has 0 radical (unpaired) electrons. The lowest BCUT2D eigenvalue weighted by molar-refractivity contribution is -0.141. The number of thioether (sulfide) groups is 1. The lowest BCUT2D eigenvalue weighted by atomic mass is 10.1. The van der Waals surface area contributed by atoms with E-state index in [0.29, 0.717) is 18.7 Å². The van der Waals surface area contributed by atoms with E-state index in [1.807, 2.05) is 18.4 Å². The summed E-state index contributed by atoms with van der Waals surface area (Å²) < 4.78 is 1.60. The maximum Gasteiger partial charge on any atom is 0.328 e. The summed E-state index contributed by atoms with van der Waals surface area (Å²) in [6, 6.07) is 7.61. The number of aliphatic carboxylic acids is 1. The fourth-order valence-electron chi connectivity index (χ4n) is 2.72. The molecule has 0 saturated heterocycles. The van der Waals surface area contributed by atoms with E-state index >= 15 is 0 Å². The number of hydrogen-bond donors (Lipinski definition) is 1. The highest BCUT2D eigenvalue weighted by Gasteiger charge is 2.28. The number of rotatable bonds is 4. The minimum atomic E-state index is -0.822. The molecule has 5 nitrogen and oxygen atoms in total. The Morgan fingerprint density at radius 1 is 1.48 bits per heavy atom. The van der Waals surface area contributed by atoms with Gasteiger partial charge in [0.2, 0.25) is 0 Å². The zero-order valence-corrected chi connectivity index (χ0v) is 12.6. The molecule has 6 heteroatoms. The molecule has 2 aromatic rings. The summed E-state index contributed by atoms with van der Waals surface area (Å²) in [6.07, 6.45) is 4.98. The Morgan fingerprint density at radius 2 is 2.29 bits per heavy atom. The summed E-state index contributed by atoms with van der Waals surface area (Å²) >= 11 is 1.70. The normalized spacial score (nSPS) is 17.5. The van der Waals surface area contributed by atoms with Crippen molar-refractivity contribution in [1.29, 1.82) is 0 Å². The standard InChI is InChI=1S/C15H17N3O2S/c1-21-12-7-3-2-5-10(12)9-13-16-14-8-4-6-11(15(19)20)18(14)17-13/h2-3,5,7,11H,4,6,8-9H2,1H3,(H,19,20). The number of benzene rings is 1. The number of fused-ring (bicyclic) bond motifs is 1. The van der Waals surface area contributed by atoms with Crippen molar-refractivity contribution in [2.75, 3.05) is 6.26 Å². The summed E-state index contributed by atoms with van der Waals surface area (Å²) in [7, 11) is 0. The van der Waals surface area contributed by atoms with Gasteiger partial charge in [0.25, 0.3) is 0 Å². The highest BCUT2D eigenvalue weighted by molar-refractivity contribution is 7.98. The zero-order chi connectivity index (χ0) is 14.8. The Kier molecular flexibility index (Phi) is 3.96. The highest BCUT2D eigenvalue weighted by atomic mass is 32.2. The lowest BCUT2D eigenvalue weighted by Gasteiger charge is -2.19. The maximum absolute atomic E-state index is 11.3. The zero-order valence-electron chi connectivity index (χ0n) is 11.8. The highest BCUT2D eigenvalue weighted by Crippen LogP contribution is 2.25. The van der Waals surface area contributed by atoms with Gasteiger partial charge in [-0.3, -0.25) is 0 Å². The van der Waals surface area contributed by atoms with E-state index in [4.69, 9.17) is 0 Å². The van der Waals surface area contributed by atoms with Gasteiger partial charge >= 0.3 is 5.97 Å². The third-order valence-electron chi connectivity index (χ3n) is 3.75. The molecule has 1 N–H and O–H groups in total. The van der Waals surface area contributed by atoms with Crippen molar-refractivity contribution in [1.82, 2.24) is 14.8 Å². The van der Waals surface area contributed by atoms with Crippen molar-refractivity contribution in [2.45, 2.75) is 36.6 Å². The predicted octanol–water partition coefficient (Wildman–Crippen LogP) is 2.55. The van der Waals surface area contributed by atoms with E-state index in [1.54, 1.807) is 16.4 Å². The first kappa shape index (κ1) is 14.1. The Morgan fingerprint density at radius 3 is 3.05 bits per heavy atom. The number of carbonyl (C=O) groups is 1. The molecule has 0 saturated carbocycles. The Labute approximate surface area is 127 Å². The molecule has 1 aromatic heterocycles. The van der Waals surface area contributed by atoms with Crippen molar-refractivity contribution < 1.29 is 9.90 Å². The average Bonchev–Trinajstić information content (AvgIpc) is 2.89. The van der Waals surface area contributed by atoms with Gasteiger partial charge in [0.1, 0.15) is 5.82 Å². The largest absolute Gasteiger partial charge is 0.480 e. The van der Waals surface area contributed by atoms with Crippen LogP contribution in [0.15, 0.2) is 29.2 Å². The van der Waals surface area contributed by atoms with E-state index < -0.39 is 12.0 Å². The van der Waals surface area contributed by atoms with E-state index in [1.165, 1.54) is 10.5 Å². The van der Waals surface area contributed by atoms with Gasteiger partial charge in [-0.25, -0.2) is 14.5 Å². The summed E-state index contributed by atoms with van der Waals surface area (Å²) in [5.74, 6) is 0.682. The van der Waals surface area contributed by atoms with Crippen LogP contribution in [-0.4, -0.2) is 32.1 Å². The molecule has 1 atom stereocenters. The van der Waals surface area contributed by atoms with Gasteiger partial charge in [-0.1, -0.05) is 18.2 Å². The molecule has 0 spiro atoms. The number of nitrogens with zero attached hydrogens (tertiary/aromatic N) is 3. The predicted molar refractivity (Wildman–Crippen MR) is 80.7 cm³/mol. The van der Waals surface area contributed by atoms with Gasteiger partial charge < -0.3 is 5.11 Å². The van der Waals surface area contributed by atoms with Gasteiger partial charge in [0.15, 0.2) is 11.9 Å². The maximum atomic E-state index is 11.3. The molecule has 1 aliphatic rings. The second-order valence-corrected chi connectivity index (χ2v) is 5.97. The van der Waals surface area contributed by atoms with Crippen molar-refractivity contribution in [3.63, 3.8) is 0 Å². The number of hydrogen-bond acceptors (Lipinski definition) is 4. The average molecular weight is 303 g/mol. The second-order valence-electron chi connectivity index (χ2n) is 5.12. The molecule has 0 amide bonds. The molecular weight excluding hydrogens is 286 g/mol. The van der Waals surface area contributed by atoms with Gasteiger partial charge in [0, 0.05) is 17.7 Å². The minimum absolute atomic E-state index is 0.564. The molecule has 1 aromatic carbocycles. The van der Waals surface area contributed by atoms with Crippen LogP contribution in [-0.2, 0) is 17.6 Å². The van der Waals surface area contributed by atoms with Crippen molar-refractivity contribution in [3.8, 4) is 0 Å².